The normalized spacial score (nSPS) is 18.1. The van der Waals surface area contributed by atoms with Gasteiger partial charge in [0.25, 0.3) is 0 Å². The molecule has 0 amide bonds. The minimum Gasteiger partial charge on any atom is -0.286 e. The highest BCUT2D eigenvalue weighted by Crippen LogP contribution is 2.36. The Morgan fingerprint density at radius 1 is 0.971 bits per heavy atom. The molecule has 2 aromatic carbocycles. The topological polar surface area (TPSA) is 51.7 Å². The Hall–Kier alpha value is -3.15. The summed E-state index contributed by atoms with van der Waals surface area (Å²) >= 11 is 12.7. The van der Waals surface area contributed by atoms with E-state index in [1.54, 1.807) is 4.40 Å². The van der Waals surface area contributed by atoms with Gasteiger partial charge in [-0.2, -0.15) is 0 Å². The first-order chi connectivity index (χ1) is 16.3. The molecule has 0 radical (unpaired) electrons. The van der Waals surface area contributed by atoms with Crippen LogP contribution in [0.2, 0.25) is 10.0 Å². The van der Waals surface area contributed by atoms with E-state index in [0.717, 1.165) is 33.5 Å². The number of dihydropyridines is 1. The van der Waals surface area contributed by atoms with Crippen molar-refractivity contribution in [2.24, 2.45) is 10.9 Å². The molecule has 0 spiro atoms. The number of benzene rings is 2. The third-order valence-electron chi connectivity index (χ3n) is 6.45. The van der Waals surface area contributed by atoms with Crippen molar-refractivity contribution >= 4 is 34.6 Å². The number of nitrogens with zero attached hydrogens (tertiary/aromatic N) is 4. The van der Waals surface area contributed by atoms with Gasteiger partial charge in [-0.3, -0.25) is 4.99 Å². The van der Waals surface area contributed by atoms with E-state index in [1.165, 1.54) is 4.68 Å². The number of pyridine rings is 1. The first kappa shape index (κ1) is 22.6. The molecule has 0 saturated heterocycles. The molecular weight excluding hydrogens is 467 g/mol. The fraction of sp³-hybridized carbons (Fsp3) is 0.222. The number of hydrogen-bond donors (Lipinski definition) is 0. The average molecular weight is 491 g/mol. The summed E-state index contributed by atoms with van der Waals surface area (Å²) in [6.45, 7) is 6.61. The fourth-order valence-electron chi connectivity index (χ4n) is 4.34. The van der Waals surface area contributed by atoms with Crippen molar-refractivity contribution in [3.05, 3.63) is 93.0 Å². The van der Waals surface area contributed by atoms with Gasteiger partial charge in [0, 0.05) is 33.1 Å². The molecule has 0 bridgehead atoms. The zero-order valence-corrected chi connectivity index (χ0v) is 20.7. The van der Waals surface area contributed by atoms with Gasteiger partial charge in [0.15, 0.2) is 5.65 Å². The van der Waals surface area contributed by atoms with Crippen molar-refractivity contribution in [3.8, 4) is 22.3 Å². The molecule has 0 aliphatic carbocycles. The van der Waals surface area contributed by atoms with E-state index in [-0.39, 0.29) is 11.7 Å². The highest BCUT2D eigenvalue weighted by Gasteiger charge is 2.20. The van der Waals surface area contributed by atoms with Crippen molar-refractivity contribution in [2.45, 2.75) is 33.4 Å². The molecule has 34 heavy (non-hydrogen) atoms. The third kappa shape index (κ3) is 4.10. The van der Waals surface area contributed by atoms with Crippen LogP contribution in [0, 0.1) is 5.92 Å². The summed E-state index contributed by atoms with van der Waals surface area (Å²) < 4.78 is 3.09. The van der Waals surface area contributed by atoms with Gasteiger partial charge in [-0.25, -0.2) is 13.9 Å². The lowest BCUT2D eigenvalue weighted by molar-refractivity contribution is 0.562. The van der Waals surface area contributed by atoms with E-state index in [2.05, 4.69) is 25.0 Å². The maximum Gasteiger partial charge on any atom is 0.350 e. The van der Waals surface area contributed by atoms with Crippen molar-refractivity contribution < 1.29 is 0 Å². The third-order valence-corrected chi connectivity index (χ3v) is 7.03. The molecule has 1 aliphatic rings. The number of aliphatic imine (C=N–C) groups is 1. The summed E-state index contributed by atoms with van der Waals surface area (Å²) in [6.07, 6.45) is 4.02. The Balaban J connectivity index is 1.68. The Morgan fingerprint density at radius 2 is 1.71 bits per heavy atom. The van der Waals surface area contributed by atoms with Crippen LogP contribution in [0.5, 0.6) is 0 Å². The molecule has 0 saturated carbocycles. The van der Waals surface area contributed by atoms with Crippen LogP contribution in [0.3, 0.4) is 0 Å². The Kier molecular flexibility index (Phi) is 5.92. The van der Waals surface area contributed by atoms with Gasteiger partial charge < -0.3 is 0 Å². The molecule has 5 nitrogen and oxygen atoms in total. The quantitative estimate of drug-likeness (QED) is 0.325. The van der Waals surface area contributed by atoms with Crippen molar-refractivity contribution in [1.82, 2.24) is 14.2 Å². The van der Waals surface area contributed by atoms with Crippen LogP contribution in [0.25, 0.3) is 27.9 Å². The van der Waals surface area contributed by atoms with Crippen molar-refractivity contribution in [2.75, 3.05) is 0 Å². The molecule has 0 fully saturated rings. The smallest absolute Gasteiger partial charge is 0.286 e. The largest absolute Gasteiger partial charge is 0.350 e. The van der Waals surface area contributed by atoms with Crippen LogP contribution < -0.4 is 5.69 Å². The lowest BCUT2D eigenvalue weighted by atomic mass is 9.95. The van der Waals surface area contributed by atoms with E-state index < -0.39 is 0 Å². The second-order valence-corrected chi connectivity index (χ2v) is 9.61. The summed E-state index contributed by atoms with van der Waals surface area (Å²) in [5.74, 6) is 0.315. The molecule has 0 N–H and O–H groups in total. The van der Waals surface area contributed by atoms with Crippen LogP contribution in [-0.4, -0.2) is 25.9 Å². The highest BCUT2D eigenvalue weighted by atomic mass is 35.5. The Morgan fingerprint density at radius 3 is 2.44 bits per heavy atom. The number of aromatic nitrogens is 3. The van der Waals surface area contributed by atoms with Crippen molar-refractivity contribution in [1.29, 1.82) is 0 Å². The Bertz CT molecular complexity index is 1510. The molecule has 2 atom stereocenters. The van der Waals surface area contributed by atoms with Crippen molar-refractivity contribution in [3.63, 3.8) is 0 Å². The molecule has 7 heteroatoms. The Labute approximate surface area is 208 Å². The SMILES string of the molecule is CC1=NC(C)C(C)C=C1Cn1nc2cc(-c3ccc(Cl)cc3)c(-c3ccccc3Cl)cn2c1=O. The van der Waals surface area contributed by atoms with E-state index in [4.69, 9.17) is 28.2 Å². The summed E-state index contributed by atoms with van der Waals surface area (Å²) in [5.41, 5.74) is 5.92. The van der Waals surface area contributed by atoms with E-state index >= 15 is 0 Å². The summed E-state index contributed by atoms with van der Waals surface area (Å²) in [5, 5.41) is 5.93. The zero-order valence-electron chi connectivity index (χ0n) is 19.2. The van der Waals surface area contributed by atoms with Gasteiger partial charge in [-0.05, 0) is 60.7 Å². The molecule has 2 unspecified atom stereocenters. The van der Waals surface area contributed by atoms with Crippen LogP contribution >= 0.6 is 23.2 Å². The molecule has 5 rings (SSSR count). The number of rotatable bonds is 4. The van der Waals surface area contributed by atoms with Crippen LogP contribution in [0.4, 0.5) is 0 Å². The van der Waals surface area contributed by atoms with E-state index in [1.807, 2.05) is 67.7 Å². The van der Waals surface area contributed by atoms with Crippen LogP contribution in [0.15, 0.2) is 82.2 Å². The molecule has 1 aliphatic heterocycles. The monoisotopic (exact) mass is 490 g/mol. The maximum absolute atomic E-state index is 13.4. The number of allylic oxidation sites excluding steroid dienone is 1. The van der Waals surface area contributed by atoms with Gasteiger partial charge >= 0.3 is 5.69 Å². The summed E-state index contributed by atoms with van der Waals surface area (Å²) in [6, 6.07) is 17.4. The van der Waals surface area contributed by atoms with Crippen LogP contribution in [0.1, 0.15) is 20.8 Å². The predicted octanol–water partition coefficient (Wildman–Crippen LogP) is 6.56. The molecule has 4 aromatic rings. The van der Waals surface area contributed by atoms with E-state index in [0.29, 0.717) is 28.2 Å². The first-order valence-electron chi connectivity index (χ1n) is 11.2. The molecule has 2 aromatic heterocycles. The van der Waals surface area contributed by atoms with E-state index in [9.17, 15) is 4.79 Å². The van der Waals surface area contributed by atoms with Gasteiger partial charge in [0.2, 0.25) is 0 Å². The molecule has 3 heterocycles. The number of hydrogen-bond acceptors (Lipinski definition) is 3. The minimum atomic E-state index is -0.203. The summed E-state index contributed by atoms with van der Waals surface area (Å²) in [4.78, 5) is 18.1. The zero-order chi connectivity index (χ0) is 24.0. The van der Waals surface area contributed by atoms with Gasteiger partial charge in [-0.15, -0.1) is 5.10 Å². The second kappa shape index (κ2) is 8.90. The maximum atomic E-state index is 13.4. The predicted molar refractivity (Wildman–Crippen MR) is 140 cm³/mol. The van der Waals surface area contributed by atoms with Gasteiger partial charge in [0.05, 0.1) is 12.6 Å². The average Bonchev–Trinajstić information content (AvgIpc) is 3.12. The summed E-state index contributed by atoms with van der Waals surface area (Å²) in [7, 11) is 0. The lowest BCUT2D eigenvalue weighted by Gasteiger charge is -2.21. The lowest BCUT2D eigenvalue weighted by Crippen LogP contribution is -2.26. The highest BCUT2D eigenvalue weighted by molar-refractivity contribution is 6.33. The molecular formula is C27H24Cl2N4O. The van der Waals surface area contributed by atoms with Crippen LogP contribution in [-0.2, 0) is 6.54 Å². The molecule has 172 valence electrons. The van der Waals surface area contributed by atoms with Gasteiger partial charge in [0.1, 0.15) is 0 Å². The second-order valence-electron chi connectivity index (χ2n) is 8.76. The number of fused-ring (bicyclic) bond motifs is 1. The first-order valence-corrected chi connectivity index (χ1v) is 12.0. The number of halogens is 2. The standard InChI is InChI=1S/C27H24Cl2N4O/c1-16-12-20(18(3)30-17(16)2)14-33-27(34)32-15-24(22-6-4-5-7-25(22)29)23(13-26(32)31-33)19-8-10-21(28)11-9-19/h4-13,15-17H,14H2,1-3H3. The minimum absolute atomic E-state index is 0.203. The fourth-order valence-corrected chi connectivity index (χ4v) is 4.70. The van der Waals surface area contributed by atoms with Gasteiger partial charge in [-0.1, -0.05) is 66.5 Å².